The number of hydrogen-bond acceptors (Lipinski definition) is 3. The molecule has 0 unspecified atom stereocenters. The zero-order chi connectivity index (χ0) is 18.6. The van der Waals surface area contributed by atoms with Crippen LogP contribution in [0.4, 0.5) is 4.39 Å². The van der Waals surface area contributed by atoms with Crippen molar-refractivity contribution in [1.29, 1.82) is 0 Å². The third-order valence-electron chi connectivity index (χ3n) is 6.65. The van der Waals surface area contributed by atoms with Gasteiger partial charge in [-0.25, -0.2) is 4.39 Å². The highest BCUT2D eigenvalue weighted by molar-refractivity contribution is 5.79. The summed E-state index contributed by atoms with van der Waals surface area (Å²) in [7, 11) is 0. The highest BCUT2D eigenvalue weighted by Crippen LogP contribution is 2.26. The summed E-state index contributed by atoms with van der Waals surface area (Å²) in [6.45, 7) is 6.72. The van der Waals surface area contributed by atoms with Crippen LogP contribution in [-0.4, -0.2) is 65.9 Å². The van der Waals surface area contributed by atoms with E-state index >= 15 is 0 Å². The molecule has 3 aliphatic rings. The van der Waals surface area contributed by atoms with Crippen LogP contribution in [0.25, 0.3) is 0 Å². The smallest absolute Gasteiger partial charge is 0.226 e. The second kappa shape index (κ2) is 8.70. The Kier molecular flexibility index (Phi) is 6.08. The van der Waals surface area contributed by atoms with E-state index in [9.17, 15) is 9.18 Å². The third kappa shape index (κ3) is 4.52. The molecule has 4 nitrogen and oxygen atoms in total. The molecule has 0 bridgehead atoms. The fourth-order valence-electron chi connectivity index (χ4n) is 5.05. The third-order valence-corrected chi connectivity index (χ3v) is 6.65. The van der Waals surface area contributed by atoms with Crippen molar-refractivity contribution in [2.75, 3.05) is 39.3 Å². The molecule has 3 fully saturated rings. The second-order valence-electron chi connectivity index (χ2n) is 8.47. The fourth-order valence-corrected chi connectivity index (χ4v) is 5.05. The van der Waals surface area contributed by atoms with Gasteiger partial charge in [0.1, 0.15) is 5.82 Å². The first-order valence-corrected chi connectivity index (χ1v) is 10.7. The molecular weight excluding hydrogens is 341 g/mol. The molecule has 0 spiro atoms. The number of nitrogens with zero attached hydrogens (tertiary/aromatic N) is 3. The van der Waals surface area contributed by atoms with Gasteiger partial charge in [0.25, 0.3) is 0 Å². The van der Waals surface area contributed by atoms with Crippen molar-refractivity contribution in [3.8, 4) is 0 Å². The van der Waals surface area contributed by atoms with Gasteiger partial charge in [0, 0.05) is 37.8 Å². The number of carbonyl (C=O) groups is 1. The number of amides is 1. The molecule has 3 heterocycles. The van der Waals surface area contributed by atoms with Crippen molar-refractivity contribution < 1.29 is 9.18 Å². The maximum atomic E-state index is 13.9. The monoisotopic (exact) mass is 373 g/mol. The first kappa shape index (κ1) is 18.9. The summed E-state index contributed by atoms with van der Waals surface area (Å²) >= 11 is 0. The van der Waals surface area contributed by atoms with Gasteiger partial charge in [0.05, 0.1) is 5.92 Å². The minimum atomic E-state index is -0.0982. The predicted molar refractivity (Wildman–Crippen MR) is 105 cm³/mol. The van der Waals surface area contributed by atoms with Crippen molar-refractivity contribution in [3.05, 3.63) is 35.6 Å². The molecule has 4 rings (SSSR count). The van der Waals surface area contributed by atoms with Gasteiger partial charge >= 0.3 is 0 Å². The Hall–Kier alpha value is -1.46. The van der Waals surface area contributed by atoms with E-state index in [1.165, 1.54) is 12.8 Å². The van der Waals surface area contributed by atoms with E-state index in [1.54, 1.807) is 12.1 Å². The van der Waals surface area contributed by atoms with Gasteiger partial charge in [-0.2, -0.15) is 0 Å². The van der Waals surface area contributed by atoms with Crippen molar-refractivity contribution >= 4 is 5.91 Å². The summed E-state index contributed by atoms with van der Waals surface area (Å²) < 4.78 is 13.9. The van der Waals surface area contributed by atoms with Gasteiger partial charge in [-0.15, -0.1) is 0 Å². The van der Waals surface area contributed by atoms with E-state index < -0.39 is 0 Å². The Balaban J connectivity index is 1.27. The molecule has 1 aromatic carbocycles. The minimum Gasteiger partial charge on any atom is -0.342 e. The molecular formula is C22H32FN3O. The van der Waals surface area contributed by atoms with Crippen molar-refractivity contribution in [3.63, 3.8) is 0 Å². The van der Waals surface area contributed by atoms with E-state index in [-0.39, 0.29) is 11.7 Å². The average molecular weight is 374 g/mol. The lowest BCUT2D eigenvalue weighted by molar-refractivity contribution is -0.136. The van der Waals surface area contributed by atoms with Crippen LogP contribution >= 0.6 is 0 Å². The summed E-state index contributed by atoms with van der Waals surface area (Å²) in [6, 6.07) is 7.68. The highest BCUT2D eigenvalue weighted by atomic mass is 19.1. The minimum absolute atomic E-state index is 0.0982. The lowest BCUT2D eigenvalue weighted by Crippen LogP contribution is -2.51. The number of likely N-dealkylation sites (tertiary alicyclic amines) is 3. The van der Waals surface area contributed by atoms with E-state index in [2.05, 4.69) is 14.7 Å². The van der Waals surface area contributed by atoms with Crippen LogP contribution in [0.3, 0.4) is 0 Å². The zero-order valence-electron chi connectivity index (χ0n) is 16.3. The topological polar surface area (TPSA) is 26.8 Å². The molecule has 3 aliphatic heterocycles. The SMILES string of the molecule is O=C([C@@H]1CCCN(C2CCN(Cc3ccccc3F)CC2)C1)N1CCCC1. The van der Waals surface area contributed by atoms with Gasteiger partial charge in [-0.1, -0.05) is 18.2 Å². The summed E-state index contributed by atoms with van der Waals surface area (Å²) in [5.41, 5.74) is 0.796. The van der Waals surface area contributed by atoms with Crippen LogP contribution in [-0.2, 0) is 11.3 Å². The van der Waals surface area contributed by atoms with Crippen LogP contribution in [0, 0.1) is 11.7 Å². The largest absolute Gasteiger partial charge is 0.342 e. The van der Waals surface area contributed by atoms with Crippen LogP contribution < -0.4 is 0 Å². The zero-order valence-corrected chi connectivity index (χ0v) is 16.3. The standard InChI is InChI=1S/C22H32FN3O/c23-21-8-2-1-6-18(21)16-24-14-9-20(10-15-24)26-13-5-7-19(17-26)22(27)25-11-3-4-12-25/h1-2,6,8,19-20H,3-5,7,9-17H2/t19-/m1/s1. The second-order valence-corrected chi connectivity index (χ2v) is 8.47. The van der Waals surface area contributed by atoms with Crippen molar-refractivity contribution in [2.45, 2.75) is 51.1 Å². The Morgan fingerprint density at radius 3 is 2.44 bits per heavy atom. The molecule has 5 heteroatoms. The lowest BCUT2D eigenvalue weighted by atomic mass is 9.93. The van der Waals surface area contributed by atoms with Gasteiger partial charge in [0.15, 0.2) is 0 Å². The van der Waals surface area contributed by atoms with Gasteiger partial charge in [-0.3, -0.25) is 14.6 Å². The Morgan fingerprint density at radius 1 is 0.963 bits per heavy atom. The van der Waals surface area contributed by atoms with Crippen LogP contribution in [0.15, 0.2) is 24.3 Å². The van der Waals surface area contributed by atoms with Crippen LogP contribution in [0.5, 0.6) is 0 Å². The Morgan fingerprint density at radius 2 is 1.70 bits per heavy atom. The van der Waals surface area contributed by atoms with Gasteiger partial charge in [-0.05, 0) is 64.2 Å². The molecule has 27 heavy (non-hydrogen) atoms. The van der Waals surface area contributed by atoms with Gasteiger partial charge < -0.3 is 4.90 Å². The summed E-state index contributed by atoms with van der Waals surface area (Å²) in [5.74, 6) is 0.501. The predicted octanol–water partition coefficient (Wildman–Crippen LogP) is 3.12. The highest BCUT2D eigenvalue weighted by Gasteiger charge is 2.34. The molecule has 0 saturated carbocycles. The molecule has 0 aromatic heterocycles. The van der Waals surface area contributed by atoms with Crippen molar-refractivity contribution in [1.82, 2.24) is 14.7 Å². The first-order chi connectivity index (χ1) is 13.2. The normalized spacial score (nSPS) is 25.8. The van der Waals surface area contributed by atoms with E-state index in [0.717, 1.165) is 70.5 Å². The number of benzene rings is 1. The Bertz CT molecular complexity index is 638. The molecule has 3 saturated heterocycles. The quantitative estimate of drug-likeness (QED) is 0.811. The molecule has 148 valence electrons. The lowest BCUT2D eigenvalue weighted by Gasteiger charge is -2.42. The first-order valence-electron chi connectivity index (χ1n) is 10.7. The van der Waals surface area contributed by atoms with Crippen LogP contribution in [0.2, 0.25) is 0 Å². The molecule has 0 N–H and O–H groups in total. The van der Waals surface area contributed by atoms with Gasteiger partial charge in [0.2, 0.25) is 5.91 Å². The molecule has 0 aliphatic carbocycles. The maximum absolute atomic E-state index is 13.9. The molecule has 1 atom stereocenters. The number of rotatable bonds is 4. The van der Waals surface area contributed by atoms with E-state index in [0.29, 0.717) is 18.5 Å². The number of hydrogen-bond donors (Lipinski definition) is 0. The molecule has 0 radical (unpaired) electrons. The Labute approximate surface area is 162 Å². The summed E-state index contributed by atoms with van der Waals surface area (Å²) in [6.07, 6.45) is 6.78. The number of halogens is 1. The average Bonchev–Trinajstić information content (AvgIpc) is 3.25. The maximum Gasteiger partial charge on any atom is 0.226 e. The number of carbonyl (C=O) groups excluding carboxylic acids is 1. The fraction of sp³-hybridized carbons (Fsp3) is 0.682. The summed E-state index contributed by atoms with van der Waals surface area (Å²) in [4.78, 5) is 19.8. The van der Waals surface area contributed by atoms with E-state index in [4.69, 9.17) is 0 Å². The summed E-state index contributed by atoms with van der Waals surface area (Å²) in [5, 5.41) is 0. The van der Waals surface area contributed by atoms with Crippen LogP contribution in [0.1, 0.15) is 44.1 Å². The van der Waals surface area contributed by atoms with Crippen molar-refractivity contribution in [2.24, 2.45) is 5.92 Å². The van der Waals surface area contributed by atoms with E-state index in [1.807, 2.05) is 12.1 Å². The molecule has 1 amide bonds. The number of piperidine rings is 2. The molecule has 1 aromatic rings.